The quantitative estimate of drug-likeness (QED) is 0.447. The van der Waals surface area contributed by atoms with Gasteiger partial charge in [-0.1, -0.05) is 19.3 Å². The molecule has 0 aliphatic heterocycles. The Hall–Kier alpha value is -3.36. The minimum Gasteiger partial charge on any atom is -0.493 e. The van der Waals surface area contributed by atoms with Crippen molar-refractivity contribution in [3.63, 3.8) is 0 Å². The van der Waals surface area contributed by atoms with Gasteiger partial charge < -0.3 is 24.8 Å². The number of benzene rings is 2. The first kappa shape index (κ1) is 25.3. The fraction of sp³-hybridized carbons (Fsp3) is 0.400. The highest BCUT2D eigenvalue weighted by atomic mass is 19.4. The predicted octanol–water partition coefficient (Wildman–Crippen LogP) is 6.13. The number of alkyl halides is 3. The van der Waals surface area contributed by atoms with Crippen molar-refractivity contribution in [2.45, 2.75) is 44.3 Å². The Morgan fingerprint density at radius 1 is 0.941 bits per heavy atom. The molecule has 0 aromatic heterocycles. The van der Waals surface area contributed by atoms with Gasteiger partial charge in [-0.05, 0) is 54.8 Å². The van der Waals surface area contributed by atoms with Crippen LogP contribution in [-0.4, -0.2) is 33.3 Å². The van der Waals surface area contributed by atoms with Gasteiger partial charge in [0.25, 0.3) is 0 Å². The summed E-state index contributed by atoms with van der Waals surface area (Å²) >= 11 is 0. The maximum Gasteiger partial charge on any atom is 0.416 e. The zero-order valence-corrected chi connectivity index (χ0v) is 19.4. The van der Waals surface area contributed by atoms with E-state index in [2.05, 4.69) is 10.6 Å². The number of carbonyl (C=O) groups is 1. The van der Waals surface area contributed by atoms with E-state index in [-0.39, 0.29) is 11.7 Å². The maximum atomic E-state index is 13.3. The molecule has 1 saturated carbocycles. The van der Waals surface area contributed by atoms with Crippen LogP contribution in [0.3, 0.4) is 0 Å². The van der Waals surface area contributed by atoms with Gasteiger partial charge in [-0.15, -0.1) is 0 Å². The molecule has 2 aromatic rings. The van der Waals surface area contributed by atoms with Crippen molar-refractivity contribution in [2.24, 2.45) is 0 Å². The van der Waals surface area contributed by atoms with Crippen molar-refractivity contribution in [2.75, 3.05) is 32.0 Å². The number of carbonyl (C=O) groups excluding carboxylic acids is 1. The smallest absolute Gasteiger partial charge is 0.416 e. The first-order chi connectivity index (χ1) is 16.2. The molecule has 0 atom stereocenters. The summed E-state index contributed by atoms with van der Waals surface area (Å²) in [4.78, 5) is 12.6. The molecule has 6 nitrogen and oxygen atoms in total. The summed E-state index contributed by atoms with van der Waals surface area (Å²) in [5.74, 6) is 0.672. The van der Waals surface area contributed by atoms with Crippen LogP contribution in [0.5, 0.6) is 17.2 Å². The standard InChI is InChI=1S/C25H29F3N2O4/c1-32-21-13-16(14-22(33-2)24(21)34-3)9-12-23(31)30-20-15-17(25(26,27)28)10-11-19(20)29-18-7-5-4-6-8-18/h9-15,18,29H,4-8H2,1-3H3,(H,30,31). The van der Waals surface area contributed by atoms with E-state index in [0.29, 0.717) is 28.5 Å². The van der Waals surface area contributed by atoms with Crippen LogP contribution >= 0.6 is 0 Å². The molecule has 1 aliphatic carbocycles. The third kappa shape index (κ3) is 6.36. The molecule has 2 N–H and O–H groups in total. The second-order valence-electron chi connectivity index (χ2n) is 8.02. The molecular formula is C25H29F3N2O4. The van der Waals surface area contributed by atoms with E-state index in [1.54, 1.807) is 12.1 Å². The molecule has 1 aliphatic rings. The SMILES string of the molecule is COc1cc(C=CC(=O)Nc2cc(C(F)(F)F)ccc2NC2CCCCC2)cc(OC)c1OC. The molecule has 3 rings (SSSR count). The van der Waals surface area contributed by atoms with Crippen LogP contribution in [0.4, 0.5) is 24.5 Å². The minimum atomic E-state index is -4.52. The second kappa shape index (κ2) is 11.2. The van der Waals surface area contributed by atoms with Crippen molar-refractivity contribution in [3.05, 3.63) is 47.5 Å². The van der Waals surface area contributed by atoms with Gasteiger partial charge in [0.1, 0.15) is 0 Å². The fourth-order valence-corrected chi connectivity index (χ4v) is 3.96. The lowest BCUT2D eigenvalue weighted by atomic mass is 9.95. The summed E-state index contributed by atoms with van der Waals surface area (Å²) in [7, 11) is 4.44. The van der Waals surface area contributed by atoms with E-state index in [9.17, 15) is 18.0 Å². The lowest BCUT2D eigenvalue weighted by Crippen LogP contribution is -2.23. The minimum absolute atomic E-state index is 0.0833. The molecule has 0 saturated heterocycles. The van der Waals surface area contributed by atoms with Crippen LogP contribution < -0.4 is 24.8 Å². The zero-order chi connectivity index (χ0) is 24.7. The highest BCUT2D eigenvalue weighted by Gasteiger charge is 2.31. The molecule has 2 aromatic carbocycles. The molecular weight excluding hydrogens is 449 g/mol. The summed E-state index contributed by atoms with van der Waals surface area (Å²) in [6, 6.07) is 6.83. The Balaban J connectivity index is 1.83. The number of anilines is 2. The summed E-state index contributed by atoms with van der Waals surface area (Å²) in [5, 5.41) is 5.88. The predicted molar refractivity (Wildman–Crippen MR) is 126 cm³/mol. The lowest BCUT2D eigenvalue weighted by Gasteiger charge is -2.25. The fourth-order valence-electron chi connectivity index (χ4n) is 3.96. The number of ether oxygens (including phenoxy) is 3. The van der Waals surface area contributed by atoms with Crippen molar-refractivity contribution in [3.8, 4) is 17.2 Å². The Morgan fingerprint density at radius 2 is 1.59 bits per heavy atom. The maximum absolute atomic E-state index is 13.3. The number of amides is 1. The molecule has 0 heterocycles. The van der Waals surface area contributed by atoms with Gasteiger partial charge in [0, 0.05) is 12.1 Å². The van der Waals surface area contributed by atoms with Crippen LogP contribution in [0.15, 0.2) is 36.4 Å². The largest absolute Gasteiger partial charge is 0.493 e. The summed E-state index contributed by atoms with van der Waals surface area (Å²) in [6.45, 7) is 0. The van der Waals surface area contributed by atoms with Gasteiger partial charge in [0.15, 0.2) is 11.5 Å². The van der Waals surface area contributed by atoms with E-state index in [0.717, 1.165) is 44.2 Å². The van der Waals surface area contributed by atoms with Gasteiger partial charge >= 0.3 is 6.18 Å². The number of nitrogens with one attached hydrogen (secondary N) is 2. The third-order valence-electron chi connectivity index (χ3n) is 5.68. The number of halogens is 3. The molecule has 1 amide bonds. The first-order valence-corrected chi connectivity index (χ1v) is 11.0. The average molecular weight is 479 g/mol. The van der Waals surface area contributed by atoms with Crippen molar-refractivity contribution < 1.29 is 32.2 Å². The molecule has 1 fully saturated rings. The molecule has 0 unspecified atom stereocenters. The van der Waals surface area contributed by atoms with Gasteiger partial charge in [0.2, 0.25) is 11.7 Å². The lowest BCUT2D eigenvalue weighted by molar-refractivity contribution is -0.137. The molecule has 34 heavy (non-hydrogen) atoms. The average Bonchev–Trinajstić information content (AvgIpc) is 2.83. The van der Waals surface area contributed by atoms with Crippen molar-refractivity contribution in [1.29, 1.82) is 0 Å². The number of methoxy groups -OCH3 is 3. The second-order valence-corrected chi connectivity index (χ2v) is 8.02. The number of rotatable bonds is 8. The Kier molecular flexibility index (Phi) is 8.31. The highest BCUT2D eigenvalue weighted by molar-refractivity contribution is 6.04. The number of hydrogen-bond acceptors (Lipinski definition) is 5. The molecule has 0 bridgehead atoms. The van der Waals surface area contributed by atoms with E-state index in [1.807, 2.05) is 0 Å². The molecule has 0 radical (unpaired) electrons. The molecule has 184 valence electrons. The Bertz CT molecular complexity index is 1010. The van der Waals surface area contributed by atoms with Crippen LogP contribution in [0.2, 0.25) is 0 Å². The molecule has 9 heteroatoms. The van der Waals surface area contributed by atoms with Crippen LogP contribution in [-0.2, 0) is 11.0 Å². The monoisotopic (exact) mass is 478 g/mol. The Labute approximate surface area is 197 Å². The highest BCUT2D eigenvalue weighted by Crippen LogP contribution is 2.39. The Morgan fingerprint density at radius 3 is 2.15 bits per heavy atom. The summed E-state index contributed by atoms with van der Waals surface area (Å²) < 4.78 is 55.7. The normalized spacial score (nSPS) is 14.6. The van der Waals surface area contributed by atoms with Gasteiger partial charge in [0.05, 0.1) is 38.3 Å². The third-order valence-corrected chi connectivity index (χ3v) is 5.68. The van der Waals surface area contributed by atoms with Crippen LogP contribution in [0.1, 0.15) is 43.2 Å². The summed E-state index contributed by atoms with van der Waals surface area (Å²) in [6.07, 6.45) is 3.41. The van der Waals surface area contributed by atoms with Gasteiger partial charge in [-0.2, -0.15) is 13.2 Å². The molecule has 0 spiro atoms. The van der Waals surface area contributed by atoms with Crippen LogP contribution in [0, 0.1) is 0 Å². The van der Waals surface area contributed by atoms with E-state index >= 15 is 0 Å². The van der Waals surface area contributed by atoms with Crippen molar-refractivity contribution >= 4 is 23.4 Å². The van der Waals surface area contributed by atoms with E-state index in [1.165, 1.54) is 39.5 Å². The zero-order valence-electron chi connectivity index (χ0n) is 19.4. The van der Waals surface area contributed by atoms with Crippen LogP contribution in [0.25, 0.3) is 6.08 Å². The van der Waals surface area contributed by atoms with Gasteiger partial charge in [-0.3, -0.25) is 4.79 Å². The van der Waals surface area contributed by atoms with Gasteiger partial charge in [-0.25, -0.2) is 0 Å². The topological polar surface area (TPSA) is 68.8 Å². The first-order valence-electron chi connectivity index (χ1n) is 11.0. The number of hydrogen-bond donors (Lipinski definition) is 2. The van der Waals surface area contributed by atoms with E-state index in [4.69, 9.17) is 14.2 Å². The van der Waals surface area contributed by atoms with Crippen molar-refractivity contribution in [1.82, 2.24) is 0 Å². The summed E-state index contributed by atoms with van der Waals surface area (Å²) in [5.41, 5.74) is 0.314. The van der Waals surface area contributed by atoms with E-state index < -0.39 is 17.6 Å².